The molecule has 0 bridgehead atoms. The summed E-state index contributed by atoms with van der Waals surface area (Å²) in [5, 5.41) is 3.38. The minimum absolute atomic E-state index is 1.01. The lowest BCUT2D eigenvalue weighted by molar-refractivity contribution is 0.243. The van der Waals surface area contributed by atoms with Gasteiger partial charge in [0.1, 0.15) is 5.75 Å². The summed E-state index contributed by atoms with van der Waals surface area (Å²) in [6.45, 7) is 7.77. The van der Waals surface area contributed by atoms with Crippen LogP contribution in [0.15, 0.2) is 16.6 Å². The summed E-state index contributed by atoms with van der Waals surface area (Å²) in [6, 6.07) is 4.10. The van der Waals surface area contributed by atoms with Crippen LogP contribution < -0.4 is 10.1 Å². The standard InChI is InChI=1S/C14H21BrN2O/c1-11-12(14(18-2)4-3-13(11)15)5-8-17-9-6-16-7-10-17/h3-4,16H,5-10H2,1-2H3. The van der Waals surface area contributed by atoms with E-state index in [-0.39, 0.29) is 0 Å². The first-order valence-electron chi connectivity index (χ1n) is 6.47. The Bertz CT molecular complexity index is 403. The summed E-state index contributed by atoms with van der Waals surface area (Å²) in [4.78, 5) is 2.51. The highest BCUT2D eigenvalue weighted by Crippen LogP contribution is 2.28. The molecule has 1 heterocycles. The van der Waals surface area contributed by atoms with Crippen molar-refractivity contribution in [3.8, 4) is 5.75 Å². The van der Waals surface area contributed by atoms with Crippen molar-refractivity contribution in [1.82, 2.24) is 10.2 Å². The number of benzene rings is 1. The van der Waals surface area contributed by atoms with E-state index in [0.717, 1.165) is 44.9 Å². The summed E-state index contributed by atoms with van der Waals surface area (Å²) in [5.74, 6) is 1.01. The second-order valence-electron chi connectivity index (χ2n) is 4.69. The van der Waals surface area contributed by atoms with Crippen LogP contribution in [0.1, 0.15) is 11.1 Å². The van der Waals surface area contributed by atoms with Crippen LogP contribution in [0.3, 0.4) is 0 Å². The maximum absolute atomic E-state index is 5.47. The molecule has 100 valence electrons. The van der Waals surface area contributed by atoms with Crippen molar-refractivity contribution in [3.63, 3.8) is 0 Å². The van der Waals surface area contributed by atoms with Gasteiger partial charge >= 0.3 is 0 Å². The molecule has 0 saturated carbocycles. The maximum Gasteiger partial charge on any atom is 0.122 e. The molecular weight excluding hydrogens is 292 g/mol. The van der Waals surface area contributed by atoms with Crippen LogP contribution in [0.4, 0.5) is 0 Å². The molecule has 0 aliphatic carbocycles. The average Bonchev–Trinajstić information content (AvgIpc) is 2.41. The van der Waals surface area contributed by atoms with E-state index in [4.69, 9.17) is 4.74 Å². The van der Waals surface area contributed by atoms with Gasteiger partial charge in [-0.05, 0) is 36.6 Å². The molecule has 18 heavy (non-hydrogen) atoms. The average molecular weight is 313 g/mol. The first kappa shape index (κ1) is 13.8. The van der Waals surface area contributed by atoms with Crippen molar-refractivity contribution in [3.05, 3.63) is 27.7 Å². The molecule has 1 aromatic carbocycles. The van der Waals surface area contributed by atoms with Gasteiger partial charge in [0.15, 0.2) is 0 Å². The van der Waals surface area contributed by atoms with Crippen LogP contribution in [0, 0.1) is 6.92 Å². The Kier molecular flexibility index (Phi) is 5.03. The van der Waals surface area contributed by atoms with E-state index in [2.05, 4.69) is 39.1 Å². The molecule has 0 spiro atoms. The molecule has 1 fully saturated rings. The molecule has 1 saturated heterocycles. The van der Waals surface area contributed by atoms with Gasteiger partial charge in [0, 0.05) is 37.2 Å². The van der Waals surface area contributed by atoms with Gasteiger partial charge in [0.25, 0.3) is 0 Å². The van der Waals surface area contributed by atoms with Gasteiger partial charge in [0.2, 0.25) is 0 Å². The number of nitrogens with zero attached hydrogens (tertiary/aromatic N) is 1. The third-order valence-electron chi connectivity index (χ3n) is 3.60. The second kappa shape index (κ2) is 6.55. The Morgan fingerprint density at radius 1 is 1.33 bits per heavy atom. The SMILES string of the molecule is COc1ccc(Br)c(C)c1CCN1CCNCC1. The fraction of sp³-hybridized carbons (Fsp3) is 0.571. The molecule has 1 aliphatic rings. The summed E-state index contributed by atoms with van der Waals surface area (Å²) >= 11 is 3.60. The van der Waals surface area contributed by atoms with Gasteiger partial charge in [-0.1, -0.05) is 15.9 Å². The van der Waals surface area contributed by atoms with E-state index >= 15 is 0 Å². The van der Waals surface area contributed by atoms with E-state index in [9.17, 15) is 0 Å². The lowest BCUT2D eigenvalue weighted by Crippen LogP contribution is -2.44. The van der Waals surface area contributed by atoms with Crippen molar-refractivity contribution >= 4 is 15.9 Å². The van der Waals surface area contributed by atoms with Crippen LogP contribution in [-0.2, 0) is 6.42 Å². The number of halogens is 1. The molecule has 0 amide bonds. The van der Waals surface area contributed by atoms with Crippen LogP contribution in [-0.4, -0.2) is 44.7 Å². The van der Waals surface area contributed by atoms with E-state index in [1.165, 1.54) is 15.6 Å². The van der Waals surface area contributed by atoms with Gasteiger partial charge in [-0.3, -0.25) is 0 Å². The van der Waals surface area contributed by atoms with Crippen molar-refractivity contribution in [1.29, 1.82) is 0 Å². The molecule has 0 atom stereocenters. The molecular formula is C14H21BrN2O. The fourth-order valence-electron chi connectivity index (χ4n) is 2.41. The van der Waals surface area contributed by atoms with Crippen molar-refractivity contribution in [2.24, 2.45) is 0 Å². The van der Waals surface area contributed by atoms with Gasteiger partial charge in [-0.25, -0.2) is 0 Å². The highest BCUT2D eigenvalue weighted by molar-refractivity contribution is 9.10. The molecule has 4 heteroatoms. The lowest BCUT2D eigenvalue weighted by Gasteiger charge is -2.27. The normalized spacial score (nSPS) is 16.8. The van der Waals surface area contributed by atoms with E-state index in [1.807, 2.05) is 6.07 Å². The molecule has 2 rings (SSSR count). The lowest BCUT2D eigenvalue weighted by atomic mass is 10.0. The maximum atomic E-state index is 5.47. The smallest absolute Gasteiger partial charge is 0.122 e. The molecule has 0 radical (unpaired) electrons. The third kappa shape index (κ3) is 3.25. The molecule has 0 aromatic heterocycles. The number of hydrogen-bond acceptors (Lipinski definition) is 3. The minimum Gasteiger partial charge on any atom is -0.496 e. The zero-order chi connectivity index (χ0) is 13.0. The number of nitrogens with one attached hydrogen (secondary N) is 1. The number of rotatable bonds is 4. The predicted molar refractivity (Wildman–Crippen MR) is 78.4 cm³/mol. The molecule has 1 aromatic rings. The number of piperazine rings is 1. The quantitative estimate of drug-likeness (QED) is 0.922. The summed E-state index contributed by atoms with van der Waals surface area (Å²) in [6.07, 6.45) is 1.05. The second-order valence-corrected chi connectivity index (χ2v) is 5.55. The Morgan fingerprint density at radius 3 is 2.72 bits per heavy atom. The molecule has 0 unspecified atom stereocenters. The van der Waals surface area contributed by atoms with Crippen LogP contribution in [0.2, 0.25) is 0 Å². The fourth-order valence-corrected chi connectivity index (χ4v) is 2.78. The molecule has 3 nitrogen and oxygen atoms in total. The Balaban J connectivity index is 2.05. The van der Waals surface area contributed by atoms with Crippen LogP contribution in [0.5, 0.6) is 5.75 Å². The number of methoxy groups -OCH3 is 1. The van der Waals surface area contributed by atoms with Gasteiger partial charge in [-0.2, -0.15) is 0 Å². The van der Waals surface area contributed by atoms with Crippen molar-refractivity contribution < 1.29 is 4.74 Å². The van der Waals surface area contributed by atoms with Gasteiger partial charge < -0.3 is 15.0 Å². The Hall–Kier alpha value is -0.580. The van der Waals surface area contributed by atoms with Crippen LogP contribution in [0.25, 0.3) is 0 Å². The van der Waals surface area contributed by atoms with Gasteiger partial charge in [0.05, 0.1) is 7.11 Å². The number of hydrogen-bond donors (Lipinski definition) is 1. The van der Waals surface area contributed by atoms with Crippen molar-refractivity contribution in [2.75, 3.05) is 39.8 Å². The monoisotopic (exact) mass is 312 g/mol. The summed E-state index contributed by atoms with van der Waals surface area (Å²) in [7, 11) is 1.75. The molecule has 1 aliphatic heterocycles. The Morgan fingerprint density at radius 2 is 2.06 bits per heavy atom. The van der Waals surface area contributed by atoms with Crippen LogP contribution >= 0.6 is 15.9 Å². The summed E-state index contributed by atoms with van der Waals surface area (Å²) in [5.41, 5.74) is 2.62. The van der Waals surface area contributed by atoms with E-state index in [1.54, 1.807) is 7.11 Å². The van der Waals surface area contributed by atoms with E-state index in [0.29, 0.717) is 0 Å². The molecule has 1 N–H and O–H groups in total. The summed E-state index contributed by atoms with van der Waals surface area (Å²) < 4.78 is 6.63. The third-order valence-corrected chi connectivity index (χ3v) is 4.46. The first-order chi connectivity index (χ1) is 8.72. The Labute approximate surface area is 118 Å². The highest BCUT2D eigenvalue weighted by Gasteiger charge is 2.13. The predicted octanol–water partition coefficient (Wildman–Crippen LogP) is 2.21. The van der Waals surface area contributed by atoms with E-state index < -0.39 is 0 Å². The van der Waals surface area contributed by atoms with Crippen molar-refractivity contribution in [2.45, 2.75) is 13.3 Å². The zero-order valence-electron chi connectivity index (χ0n) is 11.1. The zero-order valence-corrected chi connectivity index (χ0v) is 12.7. The first-order valence-corrected chi connectivity index (χ1v) is 7.26. The minimum atomic E-state index is 1.01. The largest absolute Gasteiger partial charge is 0.496 e. The number of ether oxygens (including phenoxy) is 1. The topological polar surface area (TPSA) is 24.5 Å². The highest BCUT2D eigenvalue weighted by atomic mass is 79.9. The van der Waals surface area contributed by atoms with Gasteiger partial charge in [-0.15, -0.1) is 0 Å².